The van der Waals surface area contributed by atoms with Gasteiger partial charge in [0.1, 0.15) is 12.3 Å². The summed E-state index contributed by atoms with van der Waals surface area (Å²) in [4.78, 5) is 13.4. The van der Waals surface area contributed by atoms with Crippen molar-refractivity contribution in [3.05, 3.63) is 5.82 Å². The lowest BCUT2D eigenvalue weighted by Gasteiger charge is -2.32. The summed E-state index contributed by atoms with van der Waals surface area (Å²) in [5, 5.41) is 12.5. The van der Waals surface area contributed by atoms with E-state index < -0.39 is 37.9 Å². The molecular formula is C24H47BN4O5Si. The van der Waals surface area contributed by atoms with Gasteiger partial charge in [-0.1, -0.05) is 33.0 Å². The maximum Gasteiger partial charge on any atom is 0.458 e. The van der Waals surface area contributed by atoms with Gasteiger partial charge in [0.15, 0.2) is 5.82 Å². The fraction of sp³-hybridized carbons (Fsp3) is 0.917. The molecule has 1 fully saturated rings. The molecule has 0 amide bonds. The van der Waals surface area contributed by atoms with Crippen molar-refractivity contribution in [2.45, 2.75) is 130 Å². The third kappa shape index (κ3) is 8.65. The van der Waals surface area contributed by atoms with Gasteiger partial charge in [-0.05, 0) is 77.7 Å². The Labute approximate surface area is 213 Å². The van der Waals surface area contributed by atoms with Gasteiger partial charge < -0.3 is 18.8 Å². The SMILES string of the molecule is CCC[C@H](C(=O)OC(C)(C)C)[C@H](CB1OC(C)(C)C(C)(C)O1)c1nnnn1COCC[Si](C)(C)C. The smallest absolute Gasteiger partial charge is 0.458 e. The van der Waals surface area contributed by atoms with Crippen LogP contribution in [0, 0.1) is 5.92 Å². The van der Waals surface area contributed by atoms with E-state index in [2.05, 4.69) is 42.1 Å². The molecule has 0 bridgehead atoms. The van der Waals surface area contributed by atoms with Crippen molar-refractivity contribution in [3.63, 3.8) is 0 Å². The summed E-state index contributed by atoms with van der Waals surface area (Å²) < 4.78 is 26.0. The zero-order valence-corrected chi connectivity index (χ0v) is 24.8. The van der Waals surface area contributed by atoms with Gasteiger partial charge >= 0.3 is 13.1 Å². The third-order valence-corrected chi connectivity index (χ3v) is 8.35. The molecule has 11 heteroatoms. The van der Waals surface area contributed by atoms with Gasteiger partial charge in [0, 0.05) is 20.6 Å². The van der Waals surface area contributed by atoms with E-state index in [1.165, 1.54) is 0 Å². The number of carbonyl (C=O) groups is 1. The van der Waals surface area contributed by atoms with Crippen LogP contribution < -0.4 is 0 Å². The van der Waals surface area contributed by atoms with Crippen LogP contribution >= 0.6 is 0 Å². The molecule has 1 saturated heterocycles. The second-order valence-corrected chi connectivity index (χ2v) is 18.5. The predicted octanol–water partition coefficient (Wildman–Crippen LogP) is 4.92. The molecule has 1 aliphatic heterocycles. The van der Waals surface area contributed by atoms with Crippen LogP contribution in [0.3, 0.4) is 0 Å². The minimum atomic E-state index is -1.21. The summed E-state index contributed by atoms with van der Waals surface area (Å²) in [6, 6.07) is 1.05. The molecule has 2 heterocycles. The number of hydrogen-bond donors (Lipinski definition) is 0. The molecular weight excluding hydrogens is 463 g/mol. The molecule has 2 rings (SSSR count). The normalized spacial score (nSPS) is 19.6. The third-order valence-electron chi connectivity index (χ3n) is 6.64. The highest BCUT2D eigenvalue weighted by atomic mass is 28.3. The van der Waals surface area contributed by atoms with Crippen molar-refractivity contribution in [2.24, 2.45) is 5.92 Å². The average molecular weight is 511 g/mol. The van der Waals surface area contributed by atoms with Crippen LogP contribution in [-0.4, -0.2) is 64.8 Å². The number of nitrogens with zero attached hydrogens (tertiary/aromatic N) is 4. The molecule has 9 nitrogen and oxygen atoms in total. The minimum Gasteiger partial charge on any atom is -0.460 e. The predicted molar refractivity (Wildman–Crippen MR) is 140 cm³/mol. The molecule has 2 atom stereocenters. The second-order valence-electron chi connectivity index (χ2n) is 12.8. The number of aromatic nitrogens is 4. The van der Waals surface area contributed by atoms with Crippen molar-refractivity contribution >= 4 is 21.2 Å². The molecule has 0 saturated carbocycles. The molecule has 35 heavy (non-hydrogen) atoms. The van der Waals surface area contributed by atoms with Crippen LogP contribution in [0.1, 0.15) is 80.0 Å². The molecule has 0 N–H and O–H groups in total. The van der Waals surface area contributed by atoms with Crippen LogP contribution in [0.5, 0.6) is 0 Å². The Hall–Kier alpha value is -1.30. The van der Waals surface area contributed by atoms with Crippen molar-refractivity contribution in [1.29, 1.82) is 0 Å². The zero-order chi connectivity index (χ0) is 26.7. The van der Waals surface area contributed by atoms with E-state index >= 15 is 0 Å². The van der Waals surface area contributed by atoms with Crippen LogP contribution in [0.4, 0.5) is 0 Å². The maximum atomic E-state index is 13.4. The van der Waals surface area contributed by atoms with Gasteiger partial charge in [-0.15, -0.1) is 5.10 Å². The fourth-order valence-corrected chi connectivity index (χ4v) is 4.75. The monoisotopic (exact) mass is 510 g/mol. The number of tetrazole rings is 1. The number of esters is 1. The quantitative estimate of drug-likeness (QED) is 0.222. The Balaban J connectivity index is 2.33. The standard InChI is InChI=1S/C24H47BN4O5Si/c1-12-13-18(21(30)32-22(2,3)4)19(16-25-33-23(5,6)24(7,8)34-25)20-26-27-28-29(20)17-31-14-15-35(9,10)11/h18-19H,12-17H2,1-11H3/t18-,19-/m0/s1. The molecule has 200 valence electrons. The number of ether oxygens (including phenoxy) is 2. The molecule has 0 unspecified atom stereocenters. The van der Waals surface area contributed by atoms with E-state index in [1.54, 1.807) is 4.68 Å². The largest absolute Gasteiger partial charge is 0.460 e. The first-order valence-electron chi connectivity index (χ1n) is 12.9. The topological polar surface area (TPSA) is 97.6 Å². The summed E-state index contributed by atoms with van der Waals surface area (Å²) in [7, 11) is -1.71. The summed E-state index contributed by atoms with van der Waals surface area (Å²) in [6.07, 6.45) is 1.90. The van der Waals surface area contributed by atoms with Gasteiger partial charge in [0.2, 0.25) is 0 Å². The van der Waals surface area contributed by atoms with Crippen LogP contribution in [0.15, 0.2) is 0 Å². The number of carbonyl (C=O) groups excluding carboxylic acids is 1. The molecule has 1 aliphatic rings. The van der Waals surface area contributed by atoms with E-state index in [4.69, 9.17) is 18.8 Å². The Kier molecular flexibility index (Phi) is 9.75. The first-order valence-corrected chi connectivity index (χ1v) is 16.6. The van der Waals surface area contributed by atoms with Crippen LogP contribution in [0.2, 0.25) is 32.0 Å². The summed E-state index contributed by atoms with van der Waals surface area (Å²) >= 11 is 0. The highest BCUT2D eigenvalue weighted by Gasteiger charge is 2.53. The lowest BCUT2D eigenvalue weighted by Crippen LogP contribution is -2.41. The van der Waals surface area contributed by atoms with E-state index in [0.717, 1.165) is 12.5 Å². The van der Waals surface area contributed by atoms with Gasteiger partial charge in [-0.3, -0.25) is 4.79 Å². The first-order chi connectivity index (χ1) is 16.0. The molecule has 1 aromatic heterocycles. The van der Waals surface area contributed by atoms with Gasteiger partial charge in [0.05, 0.1) is 17.1 Å². The Morgan fingerprint density at radius 2 is 1.74 bits per heavy atom. The molecule has 0 aromatic carbocycles. The zero-order valence-electron chi connectivity index (χ0n) is 23.8. The average Bonchev–Trinajstić information content (AvgIpc) is 3.20. The lowest BCUT2D eigenvalue weighted by molar-refractivity contribution is -0.161. The van der Waals surface area contributed by atoms with E-state index in [9.17, 15) is 4.79 Å². The highest BCUT2D eigenvalue weighted by molar-refractivity contribution is 6.76. The Morgan fingerprint density at radius 3 is 2.26 bits per heavy atom. The van der Waals surface area contributed by atoms with Crippen LogP contribution in [-0.2, 0) is 30.3 Å². The summed E-state index contributed by atoms with van der Waals surface area (Å²) in [5.41, 5.74) is -1.54. The molecule has 0 spiro atoms. The van der Waals surface area contributed by atoms with Gasteiger partial charge in [-0.25, -0.2) is 4.68 Å². The highest BCUT2D eigenvalue weighted by Crippen LogP contribution is 2.42. The van der Waals surface area contributed by atoms with Crippen molar-refractivity contribution in [1.82, 2.24) is 20.2 Å². The summed E-state index contributed by atoms with van der Waals surface area (Å²) in [6.45, 7) is 23.6. The van der Waals surface area contributed by atoms with Crippen molar-refractivity contribution in [2.75, 3.05) is 6.61 Å². The van der Waals surface area contributed by atoms with Gasteiger partial charge in [-0.2, -0.15) is 0 Å². The summed E-state index contributed by atoms with van der Waals surface area (Å²) in [5.74, 6) is -0.452. The van der Waals surface area contributed by atoms with Gasteiger partial charge in [0.25, 0.3) is 0 Å². The van der Waals surface area contributed by atoms with Crippen molar-refractivity contribution in [3.8, 4) is 0 Å². The minimum absolute atomic E-state index is 0.236. The Morgan fingerprint density at radius 1 is 1.14 bits per heavy atom. The van der Waals surface area contributed by atoms with Crippen LogP contribution in [0.25, 0.3) is 0 Å². The fourth-order valence-electron chi connectivity index (χ4n) is 3.99. The molecule has 0 radical (unpaired) electrons. The second kappa shape index (κ2) is 11.4. The number of hydrogen-bond acceptors (Lipinski definition) is 8. The number of rotatable bonds is 12. The first kappa shape index (κ1) is 29.9. The van der Waals surface area contributed by atoms with Crippen molar-refractivity contribution < 1.29 is 23.6 Å². The Bertz CT molecular complexity index is 819. The molecule has 1 aromatic rings. The maximum absolute atomic E-state index is 13.4. The lowest BCUT2D eigenvalue weighted by atomic mass is 9.71. The van der Waals surface area contributed by atoms with E-state index in [0.29, 0.717) is 25.2 Å². The van der Waals surface area contributed by atoms with E-state index in [1.807, 2.05) is 48.5 Å². The van der Waals surface area contributed by atoms with E-state index in [-0.39, 0.29) is 18.6 Å². The molecule has 0 aliphatic carbocycles.